The molecule has 0 aromatic carbocycles. The molecular weight excluding hydrogens is 354 g/mol. The summed E-state index contributed by atoms with van der Waals surface area (Å²) < 4.78 is 20.5. The first-order valence-electron chi connectivity index (χ1n) is 2.34. The molecule has 5 N–H and O–H groups in total. The second-order valence-corrected chi connectivity index (χ2v) is 6.33. The van der Waals surface area contributed by atoms with E-state index >= 15 is 0 Å². The second-order valence-electron chi connectivity index (χ2n) is 2.06. The van der Waals surface area contributed by atoms with Crippen molar-refractivity contribution < 1.29 is 33.8 Å². The number of rotatable bonds is 2. The van der Waals surface area contributed by atoms with Gasteiger partial charge >= 0.3 is 15.2 Å². The predicted molar refractivity (Wildman–Crippen MR) is 57.7 cm³/mol. The van der Waals surface area contributed by atoms with E-state index in [-0.39, 0.29) is 206 Å². The minimum Gasteiger partial charge on any atom is -0.368 e. The van der Waals surface area contributed by atoms with Crippen molar-refractivity contribution in [2.45, 2.75) is 12.0 Å². The van der Waals surface area contributed by atoms with Crippen molar-refractivity contribution in [2.24, 2.45) is 0 Å². The van der Waals surface area contributed by atoms with E-state index in [0.717, 1.165) is 0 Å². The van der Waals surface area contributed by atoms with Crippen LogP contribution in [0.3, 0.4) is 0 Å². The zero-order valence-electron chi connectivity index (χ0n) is 9.45. The smallest absolute Gasteiger partial charge is 0.368 e. The van der Waals surface area contributed by atoms with Gasteiger partial charge in [-0.2, -0.15) is 0 Å². The normalized spacial score (nSPS) is 11.1. The van der Waals surface area contributed by atoms with Crippen LogP contribution in [0.1, 0.15) is 6.92 Å². The average Bonchev–Trinajstić information content (AvgIpc) is 1.58. The Morgan fingerprint density at radius 2 is 0.933 bits per heavy atom. The van der Waals surface area contributed by atoms with Crippen LogP contribution >= 0.6 is 15.2 Å². The summed E-state index contributed by atoms with van der Waals surface area (Å²) in [6.07, 6.45) is 0. The molecule has 0 atom stereocenters. The maximum absolute atomic E-state index is 10.3. The molecule has 0 aliphatic heterocycles. The van der Waals surface area contributed by atoms with Gasteiger partial charge in [0.05, 0.1) is 0 Å². The molecule has 0 aliphatic rings. The van der Waals surface area contributed by atoms with Crippen molar-refractivity contribution in [3.63, 3.8) is 0 Å². The van der Waals surface area contributed by atoms with Crippen LogP contribution in [0, 0.1) is 0 Å². The Balaban J connectivity index is -0.0000000833. The van der Waals surface area contributed by atoms with Crippen LogP contribution in [0.2, 0.25) is 0 Å². The topological polar surface area (TPSA) is 135 Å². The molecule has 72 valence electrons. The second kappa shape index (κ2) is 13.3. The van der Waals surface area contributed by atoms with Crippen molar-refractivity contribution in [1.82, 2.24) is 0 Å². The van der Waals surface area contributed by atoms with Crippen LogP contribution in [0.5, 0.6) is 0 Å². The summed E-state index contributed by atoms with van der Waals surface area (Å²) in [6, 6.07) is 0. The van der Waals surface area contributed by atoms with E-state index in [1.165, 1.54) is 0 Å². The quantitative estimate of drug-likeness (QED) is 0.270. The SMILES string of the molecule is CC(O)(P(=O)(O)O)P(=O)(O)O.[K].[K].[K].[K]. The molecule has 0 unspecified atom stereocenters. The summed E-state index contributed by atoms with van der Waals surface area (Å²) in [4.78, 5) is 33.0. The van der Waals surface area contributed by atoms with Crippen LogP contribution in [-0.4, -0.2) is 235 Å². The molecule has 13 heteroatoms. The van der Waals surface area contributed by atoms with Crippen LogP contribution in [0.4, 0.5) is 0 Å². The van der Waals surface area contributed by atoms with E-state index in [0.29, 0.717) is 6.92 Å². The maximum atomic E-state index is 10.3. The van der Waals surface area contributed by atoms with Crippen LogP contribution < -0.4 is 0 Å². The van der Waals surface area contributed by atoms with E-state index in [1.807, 2.05) is 0 Å². The number of hydrogen-bond acceptors (Lipinski definition) is 3. The summed E-state index contributed by atoms with van der Waals surface area (Å²) >= 11 is 0. The molecule has 0 amide bonds. The molecule has 0 aliphatic carbocycles. The van der Waals surface area contributed by atoms with E-state index in [9.17, 15) is 9.13 Å². The Morgan fingerprint density at radius 3 is 0.933 bits per heavy atom. The zero-order valence-corrected chi connectivity index (χ0v) is 23.7. The summed E-state index contributed by atoms with van der Waals surface area (Å²) in [6.45, 7) is 0.383. The van der Waals surface area contributed by atoms with E-state index in [1.54, 1.807) is 0 Å². The molecule has 0 rings (SSSR count). The molecule has 0 saturated heterocycles. The Kier molecular flexibility index (Phi) is 29.6. The number of aliphatic hydroxyl groups is 1. The largest absolute Gasteiger partial charge is 0.369 e. The van der Waals surface area contributed by atoms with Crippen LogP contribution in [0.25, 0.3) is 0 Å². The number of hydrogen-bond donors (Lipinski definition) is 5. The monoisotopic (exact) mass is 362 g/mol. The first-order valence-corrected chi connectivity index (χ1v) is 5.56. The van der Waals surface area contributed by atoms with Crippen LogP contribution in [-0.2, 0) is 9.13 Å². The van der Waals surface area contributed by atoms with Gasteiger partial charge in [-0.25, -0.2) is 0 Å². The summed E-state index contributed by atoms with van der Waals surface area (Å²) in [5, 5.41) is 5.37. The van der Waals surface area contributed by atoms with Gasteiger partial charge < -0.3 is 24.7 Å². The molecule has 0 aromatic rings. The molecule has 0 saturated carbocycles. The molecule has 0 bridgehead atoms. The van der Waals surface area contributed by atoms with E-state index < -0.39 is 20.3 Å². The summed E-state index contributed by atoms with van der Waals surface area (Å²) in [5.41, 5.74) is 0. The van der Waals surface area contributed by atoms with Gasteiger partial charge in [-0.15, -0.1) is 0 Å². The van der Waals surface area contributed by atoms with Crippen LogP contribution in [0.15, 0.2) is 0 Å². The third-order valence-electron chi connectivity index (χ3n) is 1.10. The molecule has 7 nitrogen and oxygen atoms in total. The van der Waals surface area contributed by atoms with Crippen molar-refractivity contribution in [3.8, 4) is 0 Å². The van der Waals surface area contributed by atoms with Crippen molar-refractivity contribution >= 4 is 221 Å². The average molecular weight is 362 g/mol. The maximum Gasteiger partial charge on any atom is 0.369 e. The molecule has 0 fully saturated rings. The Hall–Kier alpha value is 6.81. The first-order chi connectivity index (χ1) is 4.50. The standard InChI is InChI=1S/C2H8O7P2.4K/c1-2(3,10(4,5)6)11(7,8)9;;;;/h3H,1H3,(H2,4,5,6)(H2,7,8,9);;;;. The van der Waals surface area contributed by atoms with Gasteiger partial charge in [0.2, 0.25) is 0 Å². The van der Waals surface area contributed by atoms with Gasteiger partial charge in [-0.05, 0) is 6.92 Å². The minimum atomic E-state index is -5.20. The Labute approximate surface area is 258 Å². The van der Waals surface area contributed by atoms with Gasteiger partial charge in [0.15, 0.2) is 0 Å². The van der Waals surface area contributed by atoms with E-state index in [2.05, 4.69) is 0 Å². The van der Waals surface area contributed by atoms with Gasteiger partial charge in [-0.1, -0.05) is 0 Å². The van der Waals surface area contributed by atoms with Gasteiger partial charge in [0.25, 0.3) is 5.08 Å². The van der Waals surface area contributed by atoms with Gasteiger partial charge in [0, 0.05) is 206 Å². The van der Waals surface area contributed by atoms with Gasteiger partial charge in [-0.3, -0.25) is 9.13 Å². The van der Waals surface area contributed by atoms with Crippen molar-refractivity contribution in [3.05, 3.63) is 0 Å². The van der Waals surface area contributed by atoms with Crippen molar-refractivity contribution in [1.29, 1.82) is 0 Å². The molecule has 0 spiro atoms. The molecular formula is C2H8K4O7P2. The van der Waals surface area contributed by atoms with Crippen molar-refractivity contribution in [2.75, 3.05) is 0 Å². The molecule has 4 radical (unpaired) electrons. The first kappa shape index (κ1) is 33.4. The Bertz CT molecular complexity index is 219. The fraction of sp³-hybridized carbons (Fsp3) is 1.00. The predicted octanol–water partition coefficient (Wildman–Crippen LogP) is -2.52. The van der Waals surface area contributed by atoms with Gasteiger partial charge in [0.1, 0.15) is 0 Å². The molecule has 0 heterocycles. The fourth-order valence-corrected chi connectivity index (χ4v) is 1.53. The van der Waals surface area contributed by atoms with E-state index in [4.69, 9.17) is 24.7 Å². The zero-order chi connectivity index (χ0) is 9.50. The molecule has 15 heavy (non-hydrogen) atoms. The third kappa shape index (κ3) is 12.0. The fourth-order valence-electron chi connectivity index (χ4n) is 0.170. The Morgan fingerprint density at radius 1 is 0.800 bits per heavy atom. The summed E-state index contributed by atoms with van der Waals surface area (Å²) in [5.74, 6) is 0. The molecule has 0 aromatic heterocycles. The minimum absolute atomic E-state index is 0. The summed E-state index contributed by atoms with van der Waals surface area (Å²) in [7, 11) is -10.4. The third-order valence-corrected chi connectivity index (χ3v) is 4.87.